The molecule has 0 fully saturated rings. The first kappa shape index (κ1) is 15.8. The number of nitrogens with one attached hydrogen (secondary N) is 1. The molecular weight excluding hydrogens is 312 g/mol. The van der Waals surface area contributed by atoms with Gasteiger partial charge < -0.3 is 15.2 Å². The topological polar surface area (TPSA) is 61.8 Å². The highest BCUT2D eigenvalue weighted by molar-refractivity contribution is 7.10. The summed E-state index contributed by atoms with van der Waals surface area (Å²) in [4.78, 5) is 14.5. The first-order chi connectivity index (χ1) is 11.2. The molecule has 0 bridgehead atoms. The van der Waals surface area contributed by atoms with Gasteiger partial charge in [-0.15, -0.1) is 11.3 Å². The number of carboxylic acid groups (broad SMARTS) is 1. The van der Waals surface area contributed by atoms with Gasteiger partial charge in [0.25, 0.3) is 0 Å². The second kappa shape index (κ2) is 7.02. The fraction of sp³-hybridized carbons (Fsp3) is 0.353. The fourth-order valence-electron chi connectivity index (χ4n) is 2.99. The van der Waals surface area contributed by atoms with Crippen molar-refractivity contribution in [3.05, 3.63) is 51.7 Å². The number of nitrogens with zero attached hydrogens (tertiary/aromatic N) is 1. The smallest absolute Gasteiger partial charge is 0.404 e. The van der Waals surface area contributed by atoms with Crippen LogP contribution in [0.1, 0.15) is 22.0 Å². The van der Waals surface area contributed by atoms with E-state index in [9.17, 15) is 4.79 Å². The summed E-state index contributed by atoms with van der Waals surface area (Å²) in [7, 11) is 1.66. The predicted octanol–water partition coefficient (Wildman–Crippen LogP) is 3.12. The van der Waals surface area contributed by atoms with Gasteiger partial charge in [0, 0.05) is 24.5 Å². The number of ether oxygens (including phenoxy) is 1. The maximum atomic E-state index is 10.9. The van der Waals surface area contributed by atoms with Gasteiger partial charge in [-0.25, -0.2) is 4.79 Å². The minimum Gasteiger partial charge on any atom is -0.497 e. The van der Waals surface area contributed by atoms with E-state index in [1.165, 1.54) is 16.0 Å². The van der Waals surface area contributed by atoms with Crippen molar-refractivity contribution in [2.24, 2.45) is 0 Å². The molecule has 2 N–H and O–H groups in total. The quantitative estimate of drug-likeness (QED) is 0.883. The zero-order valence-electron chi connectivity index (χ0n) is 13.0. The number of amides is 1. The SMILES string of the molecule is COc1ccc(CN2CCc3ccsc3C2CNC(=O)O)cc1. The van der Waals surface area contributed by atoms with E-state index in [2.05, 4.69) is 33.8 Å². The molecule has 1 unspecified atom stereocenters. The standard InChI is InChI=1S/C17H20N2O3S/c1-22-14-4-2-12(3-5-14)11-19-8-6-13-7-9-23-16(13)15(19)10-18-17(20)21/h2-5,7,9,15,18H,6,8,10-11H2,1H3,(H,20,21). The predicted molar refractivity (Wildman–Crippen MR) is 90.2 cm³/mol. The Bertz CT molecular complexity index is 669. The molecule has 1 aromatic heterocycles. The van der Waals surface area contributed by atoms with Crippen molar-refractivity contribution >= 4 is 17.4 Å². The van der Waals surface area contributed by atoms with Crippen LogP contribution in [-0.4, -0.2) is 36.3 Å². The van der Waals surface area contributed by atoms with Crippen molar-refractivity contribution in [3.63, 3.8) is 0 Å². The highest BCUT2D eigenvalue weighted by Gasteiger charge is 2.28. The van der Waals surface area contributed by atoms with Crippen molar-refractivity contribution in [1.82, 2.24) is 10.2 Å². The molecule has 1 aromatic carbocycles. The van der Waals surface area contributed by atoms with E-state index in [1.807, 2.05) is 12.1 Å². The van der Waals surface area contributed by atoms with Crippen molar-refractivity contribution < 1.29 is 14.6 Å². The molecule has 5 nitrogen and oxygen atoms in total. The van der Waals surface area contributed by atoms with Gasteiger partial charge in [0.15, 0.2) is 0 Å². The molecule has 0 aliphatic carbocycles. The van der Waals surface area contributed by atoms with E-state index in [1.54, 1.807) is 18.4 Å². The summed E-state index contributed by atoms with van der Waals surface area (Å²) in [6.45, 7) is 2.15. The number of carbonyl (C=O) groups is 1. The molecule has 23 heavy (non-hydrogen) atoms. The molecule has 1 aliphatic heterocycles. The van der Waals surface area contributed by atoms with Gasteiger partial charge in [-0.3, -0.25) is 4.90 Å². The number of benzene rings is 1. The molecule has 6 heteroatoms. The first-order valence-corrected chi connectivity index (χ1v) is 8.45. The second-order valence-corrected chi connectivity index (χ2v) is 6.53. The van der Waals surface area contributed by atoms with Gasteiger partial charge in [-0.1, -0.05) is 12.1 Å². The van der Waals surface area contributed by atoms with E-state index in [-0.39, 0.29) is 6.04 Å². The molecule has 1 atom stereocenters. The lowest BCUT2D eigenvalue weighted by Gasteiger charge is -2.35. The molecule has 0 radical (unpaired) electrons. The molecule has 3 rings (SSSR count). The van der Waals surface area contributed by atoms with Crippen LogP contribution in [0.4, 0.5) is 4.79 Å². The number of methoxy groups -OCH3 is 1. The molecule has 0 saturated heterocycles. The lowest BCUT2D eigenvalue weighted by atomic mass is 10.0. The van der Waals surface area contributed by atoms with E-state index >= 15 is 0 Å². The third kappa shape index (κ3) is 3.65. The highest BCUT2D eigenvalue weighted by atomic mass is 32.1. The van der Waals surface area contributed by atoms with E-state index in [0.29, 0.717) is 6.54 Å². The Morgan fingerprint density at radius 3 is 2.87 bits per heavy atom. The monoisotopic (exact) mass is 332 g/mol. The average molecular weight is 332 g/mol. The van der Waals surface area contributed by atoms with Crippen LogP contribution in [-0.2, 0) is 13.0 Å². The number of thiophene rings is 1. The van der Waals surface area contributed by atoms with E-state index in [0.717, 1.165) is 25.3 Å². The molecule has 1 amide bonds. The van der Waals surface area contributed by atoms with Crippen LogP contribution >= 0.6 is 11.3 Å². The van der Waals surface area contributed by atoms with Gasteiger partial charge >= 0.3 is 6.09 Å². The first-order valence-electron chi connectivity index (χ1n) is 7.57. The number of rotatable bonds is 5. The molecule has 2 heterocycles. The third-order valence-corrected chi connectivity index (χ3v) is 5.24. The largest absolute Gasteiger partial charge is 0.497 e. The van der Waals surface area contributed by atoms with Crippen LogP contribution in [0.2, 0.25) is 0 Å². The van der Waals surface area contributed by atoms with Gasteiger partial charge in [-0.05, 0) is 41.1 Å². The molecule has 1 aliphatic rings. The van der Waals surface area contributed by atoms with Crippen molar-refractivity contribution in [1.29, 1.82) is 0 Å². The van der Waals surface area contributed by atoms with Crippen LogP contribution in [0.3, 0.4) is 0 Å². The van der Waals surface area contributed by atoms with Crippen LogP contribution in [0.5, 0.6) is 5.75 Å². The third-order valence-electron chi connectivity index (χ3n) is 4.18. The summed E-state index contributed by atoms with van der Waals surface area (Å²) in [5.74, 6) is 0.844. The minimum atomic E-state index is -0.974. The summed E-state index contributed by atoms with van der Waals surface area (Å²) >= 11 is 1.71. The number of fused-ring (bicyclic) bond motifs is 1. The molecule has 122 valence electrons. The Labute approximate surface area is 139 Å². The lowest BCUT2D eigenvalue weighted by molar-refractivity contribution is 0.163. The van der Waals surface area contributed by atoms with Gasteiger partial charge in [0.05, 0.1) is 13.2 Å². The Morgan fingerprint density at radius 2 is 2.17 bits per heavy atom. The fourth-order valence-corrected chi connectivity index (χ4v) is 4.08. The van der Waals surface area contributed by atoms with Crippen LogP contribution in [0.15, 0.2) is 35.7 Å². The van der Waals surface area contributed by atoms with E-state index in [4.69, 9.17) is 9.84 Å². The Balaban J connectivity index is 1.77. The summed E-state index contributed by atoms with van der Waals surface area (Å²) in [6, 6.07) is 10.3. The highest BCUT2D eigenvalue weighted by Crippen LogP contribution is 2.34. The summed E-state index contributed by atoms with van der Waals surface area (Å²) < 4.78 is 5.19. The number of hydrogen-bond acceptors (Lipinski definition) is 4. The summed E-state index contributed by atoms with van der Waals surface area (Å²) in [5, 5.41) is 13.6. The zero-order valence-corrected chi connectivity index (χ0v) is 13.8. The van der Waals surface area contributed by atoms with Crippen LogP contribution in [0.25, 0.3) is 0 Å². The van der Waals surface area contributed by atoms with Gasteiger partial charge in [0.2, 0.25) is 0 Å². The average Bonchev–Trinajstić information content (AvgIpc) is 3.03. The van der Waals surface area contributed by atoms with Crippen LogP contribution < -0.4 is 10.1 Å². The normalized spacial score (nSPS) is 17.5. The van der Waals surface area contributed by atoms with Crippen molar-refractivity contribution in [2.45, 2.75) is 19.0 Å². The van der Waals surface area contributed by atoms with Crippen LogP contribution in [0, 0.1) is 0 Å². The van der Waals surface area contributed by atoms with E-state index < -0.39 is 6.09 Å². The minimum absolute atomic E-state index is 0.0944. The maximum absolute atomic E-state index is 10.9. The number of hydrogen-bond donors (Lipinski definition) is 2. The van der Waals surface area contributed by atoms with Gasteiger partial charge in [-0.2, -0.15) is 0 Å². The van der Waals surface area contributed by atoms with Gasteiger partial charge in [0.1, 0.15) is 5.75 Å². The molecule has 0 spiro atoms. The molecular formula is C17H20N2O3S. The Hall–Kier alpha value is -2.05. The summed E-state index contributed by atoms with van der Waals surface area (Å²) in [5.41, 5.74) is 2.55. The van der Waals surface area contributed by atoms with Crippen molar-refractivity contribution in [3.8, 4) is 5.75 Å². The Kier molecular flexibility index (Phi) is 4.83. The Morgan fingerprint density at radius 1 is 1.39 bits per heavy atom. The zero-order chi connectivity index (χ0) is 16.2. The van der Waals surface area contributed by atoms with Crippen molar-refractivity contribution in [2.75, 3.05) is 20.2 Å². The second-order valence-electron chi connectivity index (χ2n) is 5.58. The summed E-state index contributed by atoms with van der Waals surface area (Å²) in [6.07, 6.45) is 0.0385. The maximum Gasteiger partial charge on any atom is 0.404 e. The lowest BCUT2D eigenvalue weighted by Crippen LogP contribution is -2.40. The molecule has 2 aromatic rings. The molecule has 0 saturated carbocycles.